The molecule has 2 fully saturated rings. The molecule has 0 radical (unpaired) electrons. The van der Waals surface area contributed by atoms with E-state index in [1.54, 1.807) is 22.1 Å². The quantitative estimate of drug-likeness (QED) is 0.546. The van der Waals surface area contributed by atoms with Crippen molar-refractivity contribution in [1.82, 2.24) is 20.0 Å². The zero-order valence-corrected chi connectivity index (χ0v) is 19.8. The normalized spacial score (nSPS) is 22.8. The first kappa shape index (κ1) is 22.1. The van der Waals surface area contributed by atoms with Crippen molar-refractivity contribution in [3.05, 3.63) is 65.7 Å². The van der Waals surface area contributed by atoms with Gasteiger partial charge in [0.25, 0.3) is 0 Å². The second kappa shape index (κ2) is 9.24. The molecule has 4 heterocycles. The molecule has 0 spiro atoms. The third kappa shape index (κ3) is 4.95. The van der Waals surface area contributed by atoms with Gasteiger partial charge in [0.05, 0.1) is 28.1 Å². The second-order valence-electron chi connectivity index (χ2n) is 8.53. The molecule has 0 saturated carbocycles. The predicted octanol–water partition coefficient (Wildman–Crippen LogP) is 2.99. The van der Waals surface area contributed by atoms with E-state index in [2.05, 4.69) is 10.2 Å². The highest BCUT2D eigenvalue weighted by Crippen LogP contribution is 2.29. The van der Waals surface area contributed by atoms with Crippen LogP contribution in [0.4, 0.5) is 0 Å². The fourth-order valence-corrected chi connectivity index (χ4v) is 7.31. The Morgan fingerprint density at radius 3 is 2.61 bits per heavy atom. The van der Waals surface area contributed by atoms with Gasteiger partial charge < -0.3 is 5.32 Å². The Kier molecular flexibility index (Phi) is 6.18. The van der Waals surface area contributed by atoms with Crippen LogP contribution in [0.25, 0.3) is 22.3 Å². The summed E-state index contributed by atoms with van der Waals surface area (Å²) in [5.74, 6) is -0.167. The molecule has 172 valence electrons. The average molecular weight is 483 g/mol. The minimum absolute atomic E-state index is 0.000131. The van der Waals surface area contributed by atoms with Crippen molar-refractivity contribution >= 4 is 33.2 Å². The highest BCUT2D eigenvalue weighted by Gasteiger charge is 2.42. The van der Waals surface area contributed by atoms with Crippen LogP contribution >= 0.6 is 11.3 Å². The molecule has 1 N–H and O–H groups in total. The van der Waals surface area contributed by atoms with Gasteiger partial charge in [-0.1, -0.05) is 24.3 Å². The monoisotopic (exact) mass is 482 g/mol. The Morgan fingerprint density at radius 2 is 1.88 bits per heavy atom. The second-order valence-corrected chi connectivity index (χ2v) is 11.6. The smallest absolute Gasteiger partial charge is 0.244 e. The summed E-state index contributed by atoms with van der Waals surface area (Å²) in [6.07, 6.45) is 7.30. The van der Waals surface area contributed by atoms with Gasteiger partial charge in [0.1, 0.15) is 5.69 Å². The van der Waals surface area contributed by atoms with Crippen molar-refractivity contribution < 1.29 is 13.2 Å². The zero-order valence-electron chi connectivity index (χ0n) is 18.1. The number of hydrogen-bond acceptors (Lipinski definition) is 6. The number of nitrogens with one attached hydrogen (secondary N) is 1. The molecule has 1 amide bonds. The molecule has 7 nitrogen and oxygen atoms in total. The van der Waals surface area contributed by atoms with E-state index in [4.69, 9.17) is 5.10 Å². The predicted molar refractivity (Wildman–Crippen MR) is 131 cm³/mol. The molecule has 2 aliphatic heterocycles. The zero-order chi connectivity index (χ0) is 22.8. The van der Waals surface area contributed by atoms with E-state index < -0.39 is 9.84 Å². The lowest BCUT2D eigenvalue weighted by Gasteiger charge is -2.28. The number of hydrogen-bond donors (Lipinski definition) is 1. The third-order valence-corrected chi connectivity index (χ3v) is 8.79. The molecule has 2 saturated heterocycles. The Balaban J connectivity index is 1.36. The average Bonchev–Trinajstić information content (AvgIpc) is 3.59. The lowest BCUT2D eigenvalue weighted by Crippen LogP contribution is -2.49. The topological polar surface area (TPSA) is 84.3 Å². The van der Waals surface area contributed by atoms with Crippen LogP contribution in [0.15, 0.2) is 60.1 Å². The summed E-state index contributed by atoms with van der Waals surface area (Å²) in [7, 11) is -3.15. The minimum atomic E-state index is -3.15. The van der Waals surface area contributed by atoms with Crippen molar-refractivity contribution in [3.8, 4) is 16.3 Å². The molecule has 1 aromatic carbocycles. The van der Waals surface area contributed by atoms with Crippen LogP contribution in [-0.2, 0) is 14.6 Å². The number of amides is 1. The molecule has 0 aliphatic carbocycles. The van der Waals surface area contributed by atoms with E-state index in [1.807, 2.05) is 54.0 Å². The summed E-state index contributed by atoms with van der Waals surface area (Å²) in [4.78, 5) is 16.0. The number of carbonyl (C=O) groups is 1. The summed E-state index contributed by atoms with van der Waals surface area (Å²) in [5, 5.41) is 9.70. The van der Waals surface area contributed by atoms with E-state index in [1.165, 1.54) is 6.08 Å². The Bertz CT molecular complexity index is 1240. The van der Waals surface area contributed by atoms with Crippen LogP contribution in [0, 0.1) is 0 Å². The largest absolute Gasteiger partial charge is 0.347 e. The number of carbonyl (C=O) groups excluding carboxylic acids is 1. The number of likely N-dealkylation sites (tertiary alicyclic amines) is 1. The maximum atomic E-state index is 12.8. The SMILES string of the molecule is O=C(/C=C/c1cn(-c2ccccc2)nc1-c1cccs1)NC1CS(=O)(=O)CC1N1CCCC1. The van der Waals surface area contributed by atoms with Crippen molar-refractivity contribution in [1.29, 1.82) is 0 Å². The van der Waals surface area contributed by atoms with Crippen molar-refractivity contribution in [2.75, 3.05) is 24.6 Å². The Morgan fingerprint density at radius 1 is 1.09 bits per heavy atom. The molecule has 9 heteroatoms. The Hall–Kier alpha value is -2.75. The standard InChI is InChI=1S/C24H26N4O3S2/c29-23(25-20-16-33(30,31)17-21(20)27-12-4-5-13-27)11-10-18-15-28(19-7-2-1-3-8-19)26-24(18)22-9-6-14-32-22/h1-3,6-11,14-15,20-21H,4-5,12-13,16-17H2,(H,25,29)/b11-10+. The van der Waals surface area contributed by atoms with E-state index in [0.29, 0.717) is 0 Å². The van der Waals surface area contributed by atoms with Gasteiger partial charge in [0.15, 0.2) is 9.84 Å². The molecular weight excluding hydrogens is 456 g/mol. The first-order valence-electron chi connectivity index (χ1n) is 11.1. The maximum Gasteiger partial charge on any atom is 0.244 e. The highest BCUT2D eigenvalue weighted by atomic mass is 32.2. The number of benzene rings is 1. The molecular formula is C24H26N4O3S2. The lowest BCUT2D eigenvalue weighted by atomic mass is 10.1. The van der Waals surface area contributed by atoms with Gasteiger partial charge in [0.2, 0.25) is 5.91 Å². The van der Waals surface area contributed by atoms with E-state index in [-0.39, 0.29) is 29.5 Å². The Labute approximate surface area is 197 Å². The van der Waals surface area contributed by atoms with Crippen LogP contribution in [0.1, 0.15) is 18.4 Å². The van der Waals surface area contributed by atoms with Crippen LogP contribution in [0.2, 0.25) is 0 Å². The van der Waals surface area contributed by atoms with Crippen molar-refractivity contribution in [2.24, 2.45) is 0 Å². The first-order valence-corrected chi connectivity index (χ1v) is 13.8. The lowest BCUT2D eigenvalue weighted by molar-refractivity contribution is -0.117. The molecule has 0 bridgehead atoms. The maximum absolute atomic E-state index is 12.8. The number of para-hydroxylation sites is 1. The summed E-state index contributed by atoms with van der Waals surface area (Å²) in [5.41, 5.74) is 2.56. The number of aromatic nitrogens is 2. The van der Waals surface area contributed by atoms with E-state index >= 15 is 0 Å². The number of rotatable bonds is 6. The van der Waals surface area contributed by atoms with Gasteiger partial charge in [-0.25, -0.2) is 13.1 Å². The van der Waals surface area contributed by atoms with Gasteiger partial charge in [-0.3, -0.25) is 9.69 Å². The fraction of sp³-hybridized carbons (Fsp3) is 0.333. The van der Waals surface area contributed by atoms with Gasteiger partial charge in [-0.05, 0) is 55.6 Å². The first-order chi connectivity index (χ1) is 16.0. The number of sulfone groups is 1. The van der Waals surface area contributed by atoms with Crippen molar-refractivity contribution in [3.63, 3.8) is 0 Å². The molecule has 5 rings (SSSR count). The summed E-state index contributed by atoms with van der Waals surface area (Å²) >= 11 is 1.59. The van der Waals surface area contributed by atoms with Crippen molar-refractivity contribution in [2.45, 2.75) is 24.9 Å². The molecule has 2 aromatic heterocycles. The summed E-state index contributed by atoms with van der Waals surface area (Å²) in [6, 6.07) is 13.3. The molecule has 2 aliphatic rings. The molecule has 2 atom stereocenters. The van der Waals surface area contributed by atoms with Gasteiger partial charge in [-0.15, -0.1) is 11.3 Å². The van der Waals surface area contributed by atoms with E-state index in [0.717, 1.165) is 47.8 Å². The van der Waals surface area contributed by atoms with Crippen LogP contribution < -0.4 is 5.32 Å². The van der Waals surface area contributed by atoms with Crippen LogP contribution in [0.3, 0.4) is 0 Å². The van der Waals surface area contributed by atoms with Gasteiger partial charge in [-0.2, -0.15) is 5.10 Å². The van der Waals surface area contributed by atoms with Gasteiger partial charge >= 0.3 is 0 Å². The van der Waals surface area contributed by atoms with E-state index in [9.17, 15) is 13.2 Å². The third-order valence-electron chi connectivity index (χ3n) is 6.19. The van der Waals surface area contributed by atoms with Gasteiger partial charge in [0, 0.05) is 23.9 Å². The summed E-state index contributed by atoms with van der Waals surface area (Å²) < 4.78 is 26.4. The highest BCUT2D eigenvalue weighted by molar-refractivity contribution is 7.91. The molecule has 3 aromatic rings. The number of nitrogens with zero attached hydrogens (tertiary/aromatic N) is 3. The molecule has 2 unspecified atom stereocenters. The molecule has 33 heavy (non-hydrogen) atoms. The number of thiophene rings is 1. The summed E-state index contributed by atoms with van der Waals surface area (Å²) in [6.45, 7) is 1.79. The van der Waals surface area contributed by atoms with Crippen LogP contribution in [-0.4, -0.2) is 65.7 Å². The minimum Gasteiger partial charge on any atom is -0.347 e. The van der Waals surface area contributed by atoms with Crippen LogP contribution in [0.5, 0.6) is 0 Å². The fourth-order valence-electron chi connectivity index (χ4n) is 4.62.